The van der Waals surface area contributed by atoms with Crippen LogP contribution in [0.5, 0.6) is 0 Å². The molecule has 0 atom stereocenters. The highest BCUT2D eigenvalue weighted by atomic mass is 35.5. The molecule has 1 aliphatic heterocycles. The quantitative estimate of drug-likeness (QED) is 0.180. The molecule has 202 valence electrons. The van der Waals surface area contributed by atoms with E-state index in [0.717, 1.165) is 35.3 Å². The van der Waals surface area contributed by atoms with Crippen LogP contribution in [0.4, 0.5) is 0 Å². The fraction of sp³-hybridized carbons (Fsp3) is 0.200. The van der Waals surface area contributed by atoms with Gasteiger partial charge in [-0.2, -0.15) is 25.1 Å². The first-order valence-electron chi connectivity index (χ1n) is 11.4. The van der Waals surface area contributed by atoms with Gasteiger partial charge in [0.15, 0.2) is 5.82 Å². The van der Waals surface area contributed by atoms with E-state index in [1.807, 2.05) is 48.5 Å². The number of para-hydroxylation sites is 3. The molecule has 1 N–H and O–H groups in total. The van der Waals surface area contributed by atoms with Crippen LogP contribution >= 0.6 is 34.8 Å². The zero-order valence-corrected chi connectivity index (χ0v) is 22.1. The minimum atomic E-state index is 0. The predicted octanol–water partition coefficient (Wildman–Crippen LogP) is 6.04. The monoisotopic (exact) mass is 586 g/mol. The number of benzene rings is 2. The lowest BCUT2D eigenvalue weighted by Gasteiger charge is -1.99. The van der Waals surface area contributed by atoms with Crippen molar-refractivity contribution in [3.63, 3.8) is 0 Å². The number of rotatable bonds is 1. The van der Waals surface area contributed by atoms with E-state index in [9.17, 15) is 0 Å². The highest BCUT2D eigenvalue weighted by Gasteiger charge is 2.07. The second-order valence-electron chi connectivity index (χ2n) is 7.45. The Balaban J connectivity index is 0.000000156. The summed E-state index contributed by atoms with van der Waals surface area (Å²) in [6.45, 7) is 2.00. The van der Waals surface area contributed by atoms with Crippen LogP contribution in [0.1, 0.15) is 20.3 Å². The molecule has 0 amide bonds. The number of nitrogens with zero attached hydrogens (tertiary/aromatic N) is 9. The number of ether oxygens (including phenoxy) is 1. The first-order valence-corrected chi connectivity index (χ1v) is 12.5. The molecule has 0 saturated carbocycles. The molecule has 0 spiro atoms. The number of hydrogen-bond donors (Lipinski definition) is 1. The van der Waals surface area contributed by atoms with Gasteiger partial charge in [0.2, 0.25) is 10.6 Å². The van der Waals surface area contributed by atoms with Gasteiger partial charge in [0.25, 0.3) is 0 Å². The molecule has 1 saturated heterocycles. The largest absolute Gasteiger partial charge is 0.381 e. The second kappa shape index (κ2) is 15.6. The fourth-order valence-corrected chi connectivity index (χ4v) is 3.56. The molecule has 0 bridgehead atoms. The summed E-state index contributed by atoms with van der Waals surface area (Å²) in [5, 5.41) is 19.1. The lowest BCUT2D eigenvalue weighted by atomic mass is 10.3. The van der Waals surface area contributed by atoms with Crippen LogP contribution in [0.2, 0.25) is 15.7 Å². The normalized spacial score (nSPS) is 11.8. The Morgan fingerprint density at radius 1 is 0.718 bits per heavy atom. The maximum Gasteiger partial charge on any atom is 0.224 e. The first kappa shape index (κ1) is 29.8. The zero-order chi connectivity index (χ0) is 26.6. The number of aromatic amines is 1. The molecule has 0 radical (unpaired) electrons. The molecular weight excluding hydrogens is 563 g/mol. The molecule has 0 aliphatic carbocycles. The van der Waals surface area contributed by atoms with Gasteiger partial charge in [-0.05, 0) is 66.4 Å². The van der Waals surface area contributed by atoms with Crippen LogP contribution in [0.25, 0.3) is 27.9 Å². The van der Waals surface area contributed by atoms with Crippen molar-refractivity contribution in [2.24, 2.45) is 0 Å². The van der Waals surface area contributed by atoms with Gasteiger partial charge < -0.3 is 4.74 Å². The van der Waals surface area contributed by atoms with Crippen LogP contribution in [-0.2, 0) is 4.74 Å². The summed E-state index contributed by atoms with van der Waals surface area (Å²) in [5.74, 6) is 0.605. The molecule has 14 heteroatoms. The number of H-pyrrole nitrogens is 1. The van der Waals surface area contributed by atoms with Crippen molar-refractivity contribution in [3.05, 3.63) is 88.8 Å². The average molecular weight is 588 g/mol. The predicted molar refractivity (Wildman–Crippen MR) is 152 cm³/mol. The second-order valence-corrected chi connectivity index (χ2v) is 8.52. The Bertz CT molecular complexity index is 1520. The number of aromatic nitrogens is 10. The van der Waals surface area contributed by atoms with E-state index in [1.54, 1.807) is 23.0 Å². The van der Waals surface area contributed by atoms with Crippen molar-refractivity contribution in [2.45, 2.75) is 20.3 Å². The summed E-state index contributed by atoms with van der Waals surface area (Å²) in [6, 6.07) is 18.6. The van der Waals surface area contributed by atoms with Crippen molar-refractivity contribution in [3.8, 4) is 5.82 Å². The van der Waals surface area contributed by atoms with Crippen molar-refractivity contribution in [1.29, 1.82) is 0 Å². The SMILES string of the molecule is C.C1CCOC1.Clc1ccnc(Cl)n1.Clc1nccc(-n2nnc3ccccc32)n1.c1ccc2n[nH]nc2c1. The van der Waals surface area contributed by atoms with Gasteiger partial charge in [0.1, 0.15) is 21.7 Å². The molecule has 6 aromatic rings. The summed E-state index contributed by atoms with van der Waals surface area (Å²) in [4.78, 5) is 15.1. The number of fused-ring (bicyclic) bond motifs is 2. The van der Waals surface area contributed by atoms with Crippen LogP contribution in [0, 0.1) is 0 Å². The van der Waals surface area contributed by atoms with E-state index in [2.05, 4.69) is 45.7 Å². The smallest absolute Gasteiger partial charge is 0.224 e. The average Bonchev–Trinajstić information content (AvgIpc) is 3.72. The van der Waals surface area contributed by atoms with Gasteiger partial charge in [-0.25, -0.2) is 15.0 Å². The zero-order valence-electron chi connectivity index (χ0n) is 19.8. The van der Waals surface area contributed by atoms with Gasteiger partial charge in [-0.3, -0.25) is 0 Å². The molecule has 11 nitrogen and oxygen atoms in total. The summed E-state index contributed by atoms with van der Waals surface area (Å²) in [7, 11) is 0. The van der Waals surface area contributed by atoms with E-state index in [1.165, 1.54) is 19.0 Å². The highest BCUT2D eigenvalue weighted by Crippen LogP contribution is 2.14. The Morgan fingerprint density at radius 2 is 1.31 bits per heavy atom. The minimum Gasteiger partial charge on any atom is -0.381 e. The molecule has 4 aromatic heterocycles. The first-order chi connectivity index (χ1) is 18.6. The van der Waals surface area contributed by atoms with Gasteiger partial charge in [-0.1, -0.05) is 48.5 Å². The van der Waals surface area contributed by atoms with Crippen molar-refractivity contribution in [2.75, 3.05) is 13.2 Å². The van der Waals surface area contributed by atoms with Crippen LogP contribution in [0.3, 0.4) is 0 Å². The van der Waals surface area contributed by atoms with Crippen LogP contribution < -0.4 is 0 Å². The molecular formula is C25H25Cl3N10O. The molecule has 1 fully saturated rings. The number of nitrogens with one attached hydrogen (secondary N) is 1. The third-order valence-electron chi connectivity index (χ3n) is 4.82. The lowest BCUT2D eigenvalue weighted by molar-refractivity contribution is 0.198. The van der Waals surface area contributed by atoms with E-state index in [4.69, 9.17) is 39.5 Å². The Kier molecular flexibility index (Phi) is 11.9. The third-order valence-corrected chi connectivity index (χ3v) is 5.40. The van der Waals surface area contributed by atoms with Crippen LogP contribution in [-0.4, -0.2) is 63.6 Å². The maximum atomic E-state index is 5.73. The molecule has 5 heterocycles. The van der Waals surface area contributed by atoms with E-state index in [0.29, 0.717) is 11.0 Å². The van der Waals surface area contributed by atoms with E-state index >= 15 is 0 Å². The molecule has 39 heavy (non-hydrogen) atoms. The summed E-state index contributed by atoms with van der Waals surface area (Å²) in [5.41, 5.74) is 3.53. The summed E-state index contributed by atoms with van der Waals surface area (Å²) in [6.07, 6.45) is 5.64. The summed E-state index contributed by atoms with van der Waals surface area (Å²) >= 11 is 16.5. The van der Waals surface area contributed by atoms with Gasteiger partial charge in [0.05, 0.1) is 5.52 Å². The van der Waals surface area contributed by atoms with Crippen molar-refractivity contribution in [1.82, 2.24) is 50.3 Å². The lowest BCUT2D eigenvalue weighted by Crippen LogP contribution is -2.00. The molecule has 1 aliphatic rings. The maximum absolute atomic E-state index is 5.73. The number of halogens is 3. The van der Waals surface area contributed by atoms with Crippen molar-refractivity contribution >= 4 is 56.9 Å². The Morgan fingerprint density at radius 3 is 1.85 bits per heavy atom. The van der Waals surface area contributed by atoms with Crippen molar-refractivity contribution < 1.29 is 4.74 Å². The summed E-state index contributed by atoms with van der Waals surface area (Å²) < 4.78 is 6.57. The van der Waals surface area contributed by atoms with Crippen LogP contribution in [0.15, 0.2) is 73.1 Å². The van der Waals surface area contributed by atoms with Gasteiger partial charge in [-0.15, -0.1) is 5.10 Å². The molecule has 7 rings (SSSR count). The third kappa shape index (κ3) is 9.18. The van der Waals surface area contributed by atoms with Gasteiger partial charge in [0, 0.05) is 31.7 Å². The van der Waals surface area contributed by atoms with E-state index in [-0.39, 0.29) is 18.0 Å². The molecule has 0 unspecified atom stereocenters. The minimum absolute atomic E-state index is 0. The van der Waals surface area contributed by atoms with E-state index < -0.39 is 0 Å². The Labute approximate surface area is 239 Å². The highest BCUT2D eigenvalue weighted by molar-refractivity contribution is 6.31. The molecule has 2 aromatic carbocycles. The van der Waals surface area contributed by atoms with Gasteiger partial charge >= 0.3 is 0 Å². The topological polar surface area (TPSA) is 133 Å². The fourth-order valence-electron chi connectivity index (χ4n) is 3.09. The number of hydrogen-bond acceptors (Lipinski definition) is 9. The Hall–Kier alpha value is -3.77. The standard InChI is InChI=1S/C10H6ClN5.C6H5N3.C4H2Cl2N2.C4H8O.CH4/c11-10-12-6-5-9(13-10)16-8-4-2-1-3-7(8)14-15-16;1-2-4-6-5(3-1)7-9-8-6;5-3-1-2-7-4(6)8-3;1-2-4-5-3-1;/h1-6H;1-4H,(H,7,8,9);1-2H;1-4H2;1H4.